The Labute approximate surface area is 154 Å². The van der Waals surface area contributed by atoms with E-state index in [4.69, 9.17) is 4.74 Å². The number of ether oxygens (including phenoxy) is 1. The molecule has 0 atom stereocenters. The maximum atomic E-state index is 12.9. The van der Waals surface area contributed by atoms with Gasteiger partial charge in [-0.05, 0) is 43.3 Å². The Balaban J connectivity index is 1.73. The summed E-state index contributed by atoms with van der Waals surface area (Å²) in [6, 6.07) is 14.3. The molecule has 2 heterocycles. The fraction of sp³-hybridized carbons (Fsp3) is 0.158. The minimum absolute atomic E-state index is 0.131. The molecule has 8 heteroatoms. The number of hydrogen-bond acceptors (Lipinski definition) is 5. The number of nitrogens with one attached hydrogen (secondary N) is 1. The SMILES string of the molecule is COc1ccc(NC(=O)Cn2c(=O)c3nnc(C)n3c3ccccc32)cc1. The molecule has 2 aromatic heterocycles. The Hall–Kier alpha value is -3.68. The number of benzene rings is 2. The topological polar surface area (TPSA) is 90.5 Å². The molecule has 1 N–H and O–H groups in total. The lowest BCUT2D eigenvalue weighted by atomic mass is 10.2. The quantitative estimate of drug-likeness (QED) is 0.599. The molecule has 0 bridgehead atoms. The fourth-order valence-electron chi connectivity index (χ4n) is 3.08. The van der Waals surface area contributed by atoms with E-state index in [0.717, 1.165) is 5.52 Å². The number of carbonyl (C=O) groups excluding carboxylic acids is 1. The first-order valence-corrected chi connectivity index (χ1v) is 8.35. The van der Waals surface area contributed by atoms with Crippen molar-refractivity contribution in [3.05, 3.63) is 64.7 Å². The van der Waals surface area contributed by atoms with Crippen LogP contribution in [0.3, 0.4) is 0 Å². The Bertz CT molecular complexity index is 1210. The van der Waals surface area contributed by atoms with Crippen molar-refractivity contribution in [2.45, 2.75) is 13.5 Å². The van der Waals surface area contributed by atoms with Crippen LogP contribution in [0.2, 0.25) is 0 Å². The number of rotatable bonds is 4. The first kappa shape index (κ1) is 16.8. The van der Waals surface area contributed by atoms with Crippen molar-refractivity contribution in [2.75, 3.05) is 12.4 Å². The Morgan fingerprint density at radius 2 is 1.78 bits per heavy atom. The third-order valence-electron chi connectivity index (χ3n) is 4.35. The van der Waals surface area contributed by atoms with Crippen LogP contribution in [0.5, 0.6) is 5.75 Å². The van der Waals surface area contributed by atoms with Crippen LogP contribution in [0.1, 0.15) is 5.82 Å². The molecule has 2 aromatic carbocycles. The van der Waals surface area contributed by atoms with Crippen LogP contribution in [0.4, 0.5) is 5.69 Å². The van der Waals surface area contributed by atoms with E-state index in [2.05, 4.69) is 15.5 Å². The number of para-hydroxylation sites is 2. The van der Waals surface area contributed by atoms with Crippen LogP contribution in [0.25, 0.3) is 16.7 Å². The van der Waals surface area contributed by atoms with Gasteiger partial charge in [0.15, 0.2) is 0 Å². The second-order valence-electron chi connectivity index (χ2n) is 6.06. The lowest BCUT2D eigenvalue weighted by molar-refractivity contribution is -0.116. The number of aryl methyl sites for hydroxylation is 1. The number of methoxy groups -OCH3 is 1. The number of aromatic nitrogens is 4. The molecule has 0 saturated heterocycles. The fourth-order valence-corrected chi connectivity index (χ4v) is 3.08. The van der Waals surface area contributed by atoms with E-state index in [0.29, 0.717) is 22.8 Å². The van der Waals surface area contributed by atoms with Gasteiger partial charge < -0.3 is 10.1 Å². The average molecular weight is 363 g/mol. The molecule has 8 nitrogen and oxygen atoms in total. The zero-order chi connectivity index (χ0) is 19.0. The number of amides is 1. The molecule has 0 aliphatic heterocycles. The van der Waals surface area contributed by atoms with Crippen molar-refractivity contribution in [1.29, 1.82) is 0 Å². The largest absolute Gasteiger partial charge is 0.497 e. The summed E-state index contributed by atoms with van der Waals surface area (Å²) >= 11 is 0. The van der Waals surface area contributed by atoms with Crippen LogP contribution >= 0.6 is 0 Å². The summed E-state index contributed by atoms with van der Waals surface area (Å²) in [7, 11) is 1.58. The summed E-state index contributed by atoms with van der Waals surface area (Å²) in [6.45, 7) is 1.65. The van der Waals surface area contributed by atoms with Gasteiger partial charge in [-0.2, -0.15) is 0 Å². The van der Waals surface area contributed by atoms with Gasteiger partial charge in [0.05, 0.1) is 18.1 Å². The molecule has 4 rings (SSSR count). The summed E-state index contributed by atoms with van der Waals surface area (Å²) in [4.78, 5) is 25.4. The van der Waals surface area contributed by atoms with Gasteiger partial charge in [0.2, 0.25) is 11.6 Å². The number of carbonyl (C=O) groups is 1. The number of anilines is 1. The molecule has 136 valence electrons. The highest BCUT2D eigenvalue weighted by Gasteiger charge is 2.16. The molecule has 0 aliphatic rings. The number of fused-ring (bicyclic) bond motifs is 3. The normalized spacial score (nSPS) is 11.0. The predicted molar refractivity (Wildman–Crippen MR) is 101 cm³/mol. The van der Waals surface area contributed by atoms with Crippen molar-refractivity contribution in [2.24, 2.45) is 0 Å². The van der Waals surface area contributed by atoms with E-state index < -0.39 is 0 Å². The smallest absolute Gasteiger partial charge is 0.297 e. The van der Waals surface area contributed by atoms with Gasteiger partial charge in [-0.15, -0.1) is 10.2 Å². The zero-order valence-corrected chi connectivity index (χ0v) is 14.8. The van der Waals surface area contributed by atoms with Gasteiger partial charge >= 0.3 is 0 Å². The van der Waals surface area contributed by atoms with Gasteiger partial charge in [0.1, 0.15) is 18.1 Å². The average Bonchev–Trinajstić information content (AvgIpc) is 3.08. The summed E-state index contributed by atoms with van der Waals surface area (Å²) < 4.78 is 8.22. The summed E-state index contributed by atoms with van der Waals surface area (Å²) in [5.41, 5.74) is 1.87. The molecule has 4 aromatic rings. The second kappa shape index (κ2) is 6.56. The lowest BCUT2D eigenvalue weighted by Crippen LogP contribution is -2.29. The van der Waals surface area contributed by atoms with Crippen LogP contribution < -0.4 is 15.6 Å². The Kier molecular flexibility index (Phi) is 4.08. The maximum absolute atomic E-state index is 12.9. The molecule has 27 heavy (non-hydrogen) atoms. The van der Waals surface area contributed by atoms with E-state index in [-0.39, 0.29) is 23.7 Å². The van der Waals surface area contributed by atoms with E-state index in [1.54, 1.807) is 48.8 Å². The zero-order valence-electron chi connectivity index (χ0n) is 14.8. The van der Waals surface area contributed by atoms with Crippen molar-refractivity contribution < 1.29 is 9.53 Å². The highest BCUT2D eigenvalue weighted by Crippen LogP contribution is 2.17. The molecular formula is C19H17N5O3. The van der Waals surface area contributed by atoms with Gasteiger partial charge in [-0.25, -0.2) is 0 Å². The molecule has 0 unspecified atom stereocenters. The van der Waals surface area contributed by atoms with E-state index in [1.165, 1.54) is 4.57 Å². The predicted octanol–water partition coefficient (Wildman–Crippen LogP) is 2.00. The van der Waals surface area contributed by atoms with Crippen molar-refractivity contribution in [3.63, 3.8) is 0 Å². The van der Waals surface area contributed by atoms with E-state index in [1.807, 2.05) is 18.2 Å². The van der Waals surface area contributed by atoms with Crippen LogP contribution in [-0.4, -0.2) is 32.2 Å². The molecule has 0 radical (unpaired) electrons. The van der Waals surface area contributed by atoms with Gasteiger partial charge in [-0.3, -0.25) is 18.6 Å². The summed E-state index contributed by atoms with van der Waals surface area (Å²) in [5, 5.41) is 10.8. The van der Waals surface area contributed by atoms with E-state index in [9.17, 15) is 9.59 Å². The summed E-state index contributed by atoms with van der Waals surface area (Å²) in [6.07, 6.45) is 0. The van der Waals surface area contributed by atoms with Gasteiger partial charge in [0.25, 0.3) is 5.56 Å². The van der Waals surface area contributed by atoms with Crippen molar-refractivity contribution in [3.8, 4) is 5.75 Å². The third kappa shape index (κ3) is 2.91. The molecule has 0 spiro atoms. The molecular weight excluding hydrogens is 346 g/mol. The molecule has 0 saturated carbocycles. The summed E-state index contributed by atoms with van der Waals surface area (Å²) in [5.74, 6) is 1.00. The minimum atomic E-state index is -0.362. The van der Waals surface area contributed by atoms with Crippen LogP contribution in [-0.2, 0) is 11.3 Å². The van der Waals surface area contributed by atoms with Crippen LogP contribution in [0, 0.1) is 6.92 Å². The highest BCUT2D eigenvalue weighted by molar-refractivity contribution is 5.91. The standard InChI is InChI=1S/C19H17N5O3/c1-12-21-22-18-19(26)23(15-5-3-4-6-16(15)24(12)18)11-17(25)20-13-7-9-14(27-2)10-8-13/h3-10H,11H2,1-2H3,(H,20,25). The number of nitrogens with zero attached hydrogens (tertiary/aromatic N) is 4. The van der Waals surface area contributed by atoms with Gasteiger partial charge in [0, 0.05) is 5.69 Å². The monoisotopic (exact) mass is 363 g/mol. The third-order valence-corrected chi connectivity index (χ3v) is 4.35. The van der Waals surface area contributed by atoms with Crippen molar-refractivity contribution in [1.82, 2.24) is 19.2 Å². The minimum Gasteiger partial charge on any atom is -0.497 e. The maximum Gasteiger partial charge on any atom is 0.297 e. The van der Waals surface area contributed by atoms with E-state index >= 15 is 0 Å². The Morgan fingerprint density at radius 3 is 2.48 bits per heavy atom. The molecule has 1 amide bonds. The lowest BCUT2D eigenvalue weighted by Gasteiger charge is -2.12. The Morgan fingerprint density at radius 1 is 1.07 bits per heavy atom. The molecule has 0 fully saturated rings. The van der Waals surface area contributed by atoms with Gasteiger partial charge in [-0.1, -0.05) is 12.1 Å². The number of hydrogen-bond donors (Lipinski definition) is 1. The van der Waals surface area contributed by atoms with Crippen LogP contribution in [0.15, 0.2) is 53.3 Å². The first-order chi connectivity index (χ1) is 13.1. The molecule has 0 aliphatic carbocycles. The second-order valence-corrected chi connectivity index (χ2v) is 6.06. The first-order valence-electron chi connectivity index (χ1n) is 8.35. The highest BCUT2D eigenvalue weighted by atomic mass is 16.5. The van der Waals surface area contributed by atoms with Crippen molar-refractivity contribution >= 4 is 28.3 Å².